The van der Waals surface area contributed by atoms with Gasteiger partial charge in [-0.15, -0.1) is 0 Å². The van der Waals surface area contributed by atoms with Crippen LogP contribution in [0.25, 0.3) is 6.08 Å². The summed E-state index contributed by atoms with van der Waals surface area (Å²) in [6.45, 7) is 0. The van der Waals surface area contributed by atoms with E-state index in [2.05, 4.69) is 18.2 Å². The zero-order chi connectivity index (χ0) is 12.1. The third-order valence-corrected chi connectivity index (χ3v) is 3.24. The molecule has 1 aliphatic carbocycles. The zero-order valence-corrected chi connectivity index (χ0v) is 10.7. The fourth-order valence-corrected chi connectivity index (χ4v) is 2.30. The van der Waals surface area contributed by atoms with Gasteiger partial charge in [-0.1, -0.05) is 18.1 Å². The normalized spacial score (nSPS) is 15.5. The van der Waals surface area contributed by atoms with Crippen molar-refractivity contribution in [3.05, 3.63) is 29.3 Å². The Kier molecular flexibility index (Phi) is 4.08. The van der Waals surface area contributed by atoms with E-state index in [-0.39, 0.29) is 0 Å². The van der Waals surface area contributed by atoms with Crippen molar-refractivity contribution in [2.45, 2.75) is 32.1 Å². The first-order valence-electron chi connectivity index (χ1n) is 6.24. The van der Waals surface area contributed by atoms with E-state index >= 15 is 0 Å². The molecule has 1 aliphatic rings. The summed E-state index contributed by atoms with van der Waals surface area (Å²) < 4.78 is 10.6. The van der Waals surface area contributed by atoms with Gasteiger partial charge in [0.1, 0.15) is 11.5 Å². The Morgan fingerprint density at radius 3 is 2.00 bits per heavy atom. The quantitative estimate of drug-likeness (QED) is 0.782. The predicted molar refractivity (Wildman–Crippen MR) is 70.6 cm³/mol. The minimum Gasteiger partial charge on any atom is -0.497 e. The lowest BCUT2D eigenvalue weighted by atomic mass is 9.93. The molecule has 0 aliphatic heterocycles. The molecule has 1 aromatic carbocycles. The Bertz CT molecular complexity index is 377. The summed E-state index contributed by atoms with van der Waals surface area (Å²) in [5.41, 5.74) is 2.73. The molecule has 0 radical (unpaired) electrons. The molecule has 0 saturated heterocycles. The van der Waals surface area contributed by atoms with Crippen molar-refractivity contribution in [1.82, 2.24) is 0 Å². The average molecular weight is 232 g/mol. The molecule has 92 valence electrons. The van der Waals surface area contributed by atoms with Crippen molar-refractivity contribution in [1.29, 1.82) is 0 Å². The van der Waals surface area contributed by atoms with Gasteiger partial charge in [-0.3, -0.25) is 0 Å². The Morgan fingerprint density at radius 1 is 0.882 bits per heavy atom. The molecule has 17 heavy (non-hydrogen) atoms. The molecule has 1 saturated carbocycles. The molecule has 1 aromatic rings. The third-order valence-electron chi connectivity index (χ3n) is 3.24. The lowest BCUT2D eigenvalue weighted by Crippen LogP contribution is -1.94. The van der Waals surface area contributed by atoms with Crippen LogP contribution in [0, 0.1) is 0 Å². The van der Waals surface area contributed by atoms with Gasteiger partial charge < -0.3 is 9.47 Å². The third kappa shape index (κ3) is 3.26. The maximum atomic E-state index is 5.28. The van der Waals surface area contributed by atoms with Crippen molar-refractivity contribution in [3.63, 3.8) is 0 Å². The molecule has 2 nitrogen and oxygen atoms in total. The zero-order valence-electron chi connectivity index (χ0n) is 10.7. The van der Waals surface area contributed by atoms with Crippen LogP contribution < -0.4 is 9.47 Å². The molecule has 0 heterocycles. The maximum absolute atomic E-state index is 5.28. The van der Waals surface area contributed by atoms with Gasteiger partial charge in [0.2, 0.25) is 0 Å². The van der Waals surface area contributed by atoms with E-state index in [1.54, 1.807) is 19.8 Å². The summed E-state index contributed by atoms with van der Waals surface area (Å²) >= 11 is 0. The molecule has 0 spiro atoms. The topological polar surface area (TPSA) is 18.5 Å². The van der Waals surface area contributed by atoms with Crippen LogP contribution in [0.5, 0.6) is 11.5 Å². The first-order valence-corrected chi connectivity index (χ1v) is 6.24. The Morgan fingerprint density at radius 2 is 1.47 bits per heavy atom. The van der Waals surface area contributed by atoms with Crippen LogP contribution in [-0.4, -0.2) is 14.2 Å². The van der Waals surface area contributed by atoms with E-state index < -0.39 is 0 Å². The summed E-state index contributed by atoms with van der Waals surface area (Å²) in [5, 5.41) is 0. The highest BCUT2D eigenvalue weighted by molar-refractivity contribution is 5.57. The van der Waals surface area contributed by atoms with Crippen LogP contribution in [0.3, 0.4) is 0 Å². The van der Waals surface area contributed by atoms with E-state index in [0.29, 0.717) is 0 Å². The van der Waals surface area contributed by atoms with Crippen molar-refractivity contribution in [3.8, 4) is 11.5 Å². The number of allylic oxidation sites excluding steroid dienone is 1. The Labute approximate surface area is 103 Å². The van der Waals surface area contributed by atoms with Gasteiger partial charge in [0.15, 0.2) is 0 Å². The van der Waals surface area contributed by atoms with Gasteiger partial charge in [-0.05, 0) is 43.4 Å². The predicted octanol–water partition coefficient (Wildman–Crippen LogP) is 4.05. The highest BCUT2D eigenvalue weighted by Gasteiger charge is 2.06. The van der Waals surface area contributed by atoms with Gasteiger partial charge in [-0.25, -0.2) is 0 Å². The van der Waals surface area contributed by atoms with Gasteiger partial charge in [-0.2, -0.15) is 0 Å². The lowest BCUT2D eigenvalue weighted by Gasteiger charge is -2.14. The van der Waals surface area contributed by atoms with Crippen molar-refractivity contribution < 1.29 is 9.47 Å². The minimum atomic E-state index is 0.854. The lowest BCUT2D eigenvalue weighted by molar-refractivity contribution is 0.394. The van der Waals surface area contributed by atoms with Gasteiger partial charge in [0.05, 0.1) is 14.2 Å². The summed E-state index contributed by atoms with van der Waals surface area (Å²) in [6, 6.07) is 6.02. The van der Waals surface area contributed by atoms with Crippen molar-refractivity contribution >= 4 is 6.08 Å². The fourth-order valence-electron chi connectivity index (χ4n) is 2.30. The minimum absolute atomic E-state index is 0.854. The highest BCUT2D eigenvalue weighted by Crippen LogP contribution is 2.28. The average Bonchev–Trinajstić information content (AvgIpc) is 2.39. The van der Waals surface area contributed by atoms with E-state index in [1.807, 2.05) is 6.07 Å². The molecule has 0 atom stereocenters. The molecule has 0 bridgehead atoms. The van der Waals surface area contributed by atoms with Crippen LogP contribution in [-0.2, 0) is 0 Å². The maximum Gasteiger partial charge on any atom is 0.123 e. The largest absolute Gasteiger partial charge is 0.497 e. The van der Waals surface area contributed by atoms with Crippen molar-refractivity contribution in [2.24, 2.45) is 0 Å². The molecule has 1 fully saturated rings. The second-order valence-electron chi connectivity index (χ2n) is 4.51. The highest BCUT2D eigenvalue weighted by atomic mass is 16.5. The number of rotatable bonds is 3. The molecule has 2 rings (SSSR count). The van der Waals surface area contributed by atoms with Crippen LogP contribution in [0.4, 0.5) is 0 Å². The summed E-state index contributed by atoms with van der Waals surface area (Å²) in [6.07, 6.45) is 8.78. The second-order valence-corrected chi connectivity index (χ2v) is 4.51. The number of hydrogen-bond acceptors (Lipinski definition) is 2. The number of hydrogen-bond donors (Lipinski definition) is 0. The monoisotopic (exact) mass is 232 g/mol. The van der Waals surface area contributed by atoms with Crippen LogP contribution >= 0.6 is 0 Å². The summed E-state index contributed by atoms with van der Waals surface area (Å²) in [4.78, 5) is 0. The molecule has 0 aromatic heterocycles. The Balaban J connectivity index is 2.24. The number of methoxy groups -OCH3 is 2. The van der Waals surface area contributed by atoms with Gasteiger partial charge >= 0.3 is 0 Å². The smallest absolute Gasteiger partial charge is 0.123 e. The first kappa shape index (κ1) is 12.0. The van der Waals surface area contributed by atoms with Crippen LogP contribution in [0.1, 0.15) is 37.7 Å². The molecule has 0 amide bonds. The Hall–Kier alpha value is -1.44. The van der Waals surface area contributed by atoms with E-state index in [0.717, 1.165) is 11.5 Å². The molecule has 2 heteroatoms. The molecule has 0 N–H and O–H groups in total. The van der Waals surface area contributed by atoms with Crippen molar-refractivity contribution in [2.75, 3.05) is 14.2 Å². The number of ether oxygens (including phenoxy) is 2. The van der Waals surface area contributed by atoms with Gasteiger partial charge in [0.25, 0.3) is 0 Å². The fraction of sp³-hybridized carbons (Fsp3) is 0.467. The standard InChI is InChI=1S/C15H20O2/c1-16-14-9-13(10-15(11-14)17-2)8-12-6-4-3-5-7-12/h8-11H,3-7H2,1-2H3. The SMILES string of the molecule is COc1cc(C=C2CCCCC2)cc(OC)c1. The number of benzene rings is 1. The van der Waals surface area contributed by atoms with Gasteiger partial charge in [0, 0.05) is 6.07 Å². The first-order chi connectivity index (χ1) is 8.31. The summed E-state index contributed by atoms with van der Waals surface area (Å²) in [5.74, 6) is 1.71. The van der Waals surface area contributed by atoms with E-state index in [4.69, 9.17) is 9.47 Å². The second kappa shape index (κ2) is 5.76. The summed E-state index contributed by atoms with van der Waals surface area (Å²) in [7, 11) is 3.37. The molecule has 0 unspecified atom stereocenters. The van der Waals surface area contributed by atoms with E-state index in [1.165, 1.54) is 37.7 Å². The molecular formula is C15H20O2. The van der Waals surface area contributed by atoms with Crippen LogP contribution in [0.15, 0.2) is 23.8 Å². The van der Waals surface area contributed by atoms with Crippen LogP contribution in [0.2, 0.25) is 0 Å². The molecular weight excluding hydrogens is 212 g/mol. The van der Waals surface area contributed by atoms with E-state index in [9.17, 15) is 0 Å².